The minimum absolute atomic E-state index is 0. The Hall–Kier alpha value is -1.70. The number of nitrogens with zero attached hydrogens (tertiary/aromatic N) is 3. The molecule has 5 nitrogen and oxygen atoms in total. The minimum Gasteiger partial charge on any atom is -0.370 e. The van der Waals surface area contributed by atoms with Crippen molar-refractivity contribution in [3.63, 3.8) is 0 Å². The Morgan fingerprint density at radius 2 is 1.88 bits per heavy atom. The lowest BCUT2D eigenvalue weighted by Crippen LogP contribution is -2.22. The number of anilines is 1. The highest BCUT2D eigenvalue weighted by Crippen LogP contribution is 2.20. The molecule has 0 fully saturated rings. The molecule has 1 aromatic heterocycles. The first kappa shape index (κ1) is 20.3. The van der Waals surface area contributed by atoms with E-state index in [1.54, 1.807) is 0 Å². The Balaban J connectivity index is 0.00000288. The molecule has 0 radical (unpaired) electrons. The number of aryl methyl sites for hydroxylation is 2. The van der Waals surface area contributed by atoms with E-state index < -0.39 is 0 Å². The summed E-state index contributed by atoms with van der Waals surface area (Å²) in [6.45, 7) is 8.68. The van der Waals surface area contributed by atoms with Crippen molar-refractivity contribution < 1.29 is 0 Å². The first-order valence-corrected chi connectivity index (χ1v) is 7.96. The molecule has 1 atom stereocenters. The van der Waals surface area contributed by atoms with Crippen LogP contribution in [0, 0.1) is 13.8 Å². The molecule has 6 heteroatoms. The van der Waals surface area contributed by atoms with Crippen molar-refractivity contribution in [2.24, 2.45) is 10.7 Å². The largest absolute Gasteiger partial charge is 0.370 e. The zero-order valence-corrected chi connectivity index (χ0v) is 17.0. The van der Waals surface area contributed by atoms with Gasteiger partial charge in [-0.25, -0.2) is 15.0 Å². The highest BCUT2D eigenvalue weighted by Gasteiger charge is 2.03. The maximum Gasteiger partial charge on any atom is 0.193 e. The standard InChI is InChI=1S/C18H25N5.HI/c1-5-12(2)15-6-8-16(9-7-15)23-18(19)20-11-17-10-13(3)21-14(4)22-17;/h6-10,12H,5,11H2,1-4H3,(H3,19,20,23);1H. The van der Waals surface area contributed by atoms with Crippen LogP contribution in [0.4, 0.5) is 5.69 Å². The second kappa shape index (κ2) is 9.56. The second-order valence-electron chi connectivity index (χ2n) is 5.81. The lowest BCUT2D eigenvalue weighted by atomic mass is 9.99. The van der Waals surface area contributed by atoms with Crippen molar-refractivity contribution in [2.75, 3.05) is 5.32 Å². The molecule has 2 aromatic rings. The van der Waals surface area contributed by atoms with Gasteiger partial charge in [-0.05, 0) is 49.9 Å². The van der Waals surface area contributed by atoms with Crippen molar-refractivity contribution in [3.05, 3.63) is 53.1 Å². The van der Waals surface area contributed by atoms with Crippen LogP contribution in [0.5, 0.6) is 0 Å². The van der Waals surface area contributed by atoms with Gasteiger partial charge in [0.1, 0.15) is 5.82 Å². The predicted octanol–water partition coefficient (Wildman–Crippen LogP) is 4.15. The van der Waals surface area contributed by atoms with E-state index in [9.17, 15) is 0 Å². The van der Waals surface area contributed by atoms with Crippen LogP contribution >= 0.6 is 24.0 Å². The van der Waals surface area contributed by atoms with Crippen LogP contribution in [0.1, 0.15) is 49.0 Å². The predicted molar refractivity (Wildman–Crippen MR) is 111 cm³/mol. The molecule has 0 bridgehead atoms. The average molecular weight is 439 g/mol. The molecular formula is C18H26IN5. The molecule has 0 aliphatic rings. The van der Waals surface area contributed by atoms with Gasteiger partial charge < -0.3 is 11.1 Å². The molecule has 24 heavy (non-hydrogen) atoms. The number of rotatable bonds is 5. The van der Waals surface area contributed by atoms with Crippen LogP contribution < -0.4 is 11.1 Å². The van der Waals surface area contributed by atoms with E-state index in [0.717, 1.165) is 29.3 Å². The molecule has 130 valence electrons. The molecule has 1 heterocycles. The van der Waals surface area contributed by atoms with Crippen LogP contribution in [0.2, 0.25) is 0 Å². The van der Waals surface area contributed by atoms with Gasteiger partial charge in [-0.2, -0.15) is 0 Å². The van der Waals surface area contributed by atoms with E-state index in [-0.39, 0.29) is 24.0 Å². The van der Waals surface area contributed by atoms with Crippen LogP contribution in [0.25, 0.3) is 0 Å². The Kier molecular flexibility index (Phi) is 8.10. The molecule has 0 saturated carbocycles. The summed E-state index contributed by atoms with van der Waals surface area (Å²) < 4.78 is 0. The fraction of sp³-hybridized carbons (Fsp3) is 0.389. The molecule has 1 aromatic carbocycles. The average Bonchev–Trinajstić information content (AvgIpc) is 2.52. The van der Waals surface area contributed by atoms with E-state index >= 15 is 0 Å². The second-order valence-corrected chi connectivity index (χ2v) is 5.81. The van der Waals surface area contributed by atoms with Gasteiger partial charge in [0.15, 0.2) is 5.96 Å². The van der Waals surface area contributed by atoms with E-state index in [1.165, 1.54) is 5.56 Å². The number of aromatic nitrogens is 2. The molecular weight excluding hydrogens is 413 g/mol. The quantitative estimate of drug-likeness (QED) is 0.417. The van der Waals surface area contributed by atoms with Crippen LogP contribution in [0.15, 0.2) is 35.3 Å². The maximum absolute atomic E-state index is 5.95. The SMILES string of the molecule is CCC(C)c1ccc(NC(N)=NCc2cc(C)nc(C)n2)cc1.I. The molecule has 0 aliphatic carbocycles. The highest BCUT2D eigenvalue weighted by molar-refractivity contribution is 14.0. The van der Waals surface area contributed by atoms with Gasteiger partial charge in [0.25, 0.3) is 0 Å². The summed E-state index contributed by atoms with van der Waals surface area (Å²) in [6, 6.07) is 10.2. The first-order valence-electron chi connectivity index (χ1n) is 7.96. The molecule has 2 rings (SSSR count). The van der Waals surface area contributed by atoms with Gasteiger partial charge in [-0.15, -0.1) is 24.0 Å². The lowest BCUT2D eigenvalue weighted by molar-refractivity contribution is 0.734. The topological polar surface area (TPSA) is 76.2 Å². The zero-order chi connectivity index (χ0) is 16.8. The number of aliphatic imine (C=N–C) groups is 1. The van der Waals surface area contributed by atoms with Gasteiger partial charge >= 0.3 is 0 Å². The normalized spacial score (nSPS) is 12.4. The van der Waals surface area contributed by atoms with Crippen LogP contribution in [0.3, 0.4) is 0 Å². The van der Waals surface area contributed by atoms with Gasteiger partial charge in [0.2, 0.25) is 0 Å². The fourth-order valence-corrected chi connectivity index (χ4v) is 2.36. The molecule has 0 amide bonds. The Labute approximate surface area is 161 Å². The van der Waals surface area contributed by atoms with Gasteiger partial charge in [-0.3, -0.25) is 0 Å². The van der Waals surface area contributed by atoms with Gasteiger partial charge in [0.05, 0.1) is 12.2 Å². The number of hydrogen-bond acceptors (Lipinski definition) is 3. The summed E-state index contributed by atoms with van der Waals surface area (Å²) >= 11 is 0. The summed E-state index contributed by atoms with van der Waals surface area (Å²) in [5.74, 6) is 1.71. The number of nitrogens with one attached hydrogen (secondary N) is 1. The maximum atomic E-state index is 5.95. The summed E-state index contributed by atoms with van der Waals surface area (Å²) in [6.07, 6.45) is 1.13. The van der Waals surface area contributed by atoms with Gasteiger partial charge in [-0.1, -0.05) is 26.0 Å². The smallest absolute Gasteiger partial charge is 0.193 e. The van der Waals surface area contributed by atoms with Crippen LogP contribution in [-0.4, -0.2) is 15.9 Å². The van der Waals surface area contributed by atoms with Crippen LogP contribution in [-0.2, 0) is 6.54 Å². The third kappa shape index (κ3) is 6.07. The van der Waals surface area contributed by atoms with Gasteiger partial charge in [0, 0.05) is 11.4 Å². The summed E-state index contributed by atoms with van der Waals surface area (Å²) in [4.78, 5) is 12.9. The van der Waals surface area contributed by atoms with E-state index in [0.29, 0.717) is 18.4 Å². The summed E-state index contributed by atoms with van der Waals surface area (Å²) in [7, 11) is 0. The Morgan fingerprint density at radius 1 is 1.21 bits per heavy atom. The van der Waals surface area contributed by atoms with Crippen molar-refractivity contribution in [1.82, 2.24) is 9.97 Å². The molecule has 0 aliphatic heterocycles. The number of hydrogen-bond donors (Lipinski definition) is 2. The Bertz CT molecular complexity index is 662. The number of benzene rings is 1. The molecule has 0 spiro atoms. The number of nitrogens with two attached hydrogens (primary N) is 1. The highest BCUT2D eigenvalue weighted by atomic mass is 127. The molecule has 0 saturated heterocycles. The van der Waals surface area contributed by atoms with Crippen molar-refractivity contribution >= 4 is 35.6 Å². The van der Waals surface area contributed by atoms with Crippen molar-refractivity contribution in [3.8, 4) is 0 Å². The third-order valence-electron chi connectivity index (χ3n) is 3.79. The Morgan fingerprint density at radius 3 is 2.46 bits per heavy atom. The zero-order valence-electron chi connectivity index (χ0n) is 14.7. The van der Waals surface area contributed by atoms with Crippen molar-refractivity contribution in [1.29, 1.82) is 0 Å². The fourth-order valence-electron chi connectivity index (χ4n) is 2.36. The monoisotopic (exact) mass is 439 g/mol. The molecule has 3 N–H and O–H groups in total. The minimum atomic E-state index is 0. The van der Waals surface area contributed by atoms with E-state index in [4.69, 9.17) is 5.73 Å². The third-order valence-corrected chi connectivity index (χ3v) is 3.79. The number of halogens is 1. The first-order chi connectivity index (χ1) is 11.0. The van der Waals surface area contributed by atoms with E-state index in [1.807, 2.05) is 32.0 Å². The molecule has 1 unspecified atom stereocenters. The van der Waals surface area contributed by atoms with E-state index in [2.05, 4.69) is 46.3 Å². The lowest BCUT2D eigenvalue weighted by Gasteiger charge is -2.10. The summed E-state index contributed by atoms with van der Waals surface area (Å²) in [5, 5.41) is 3.11. The number of guanidine groups is 1. The van der Waals surface area contributed by atoms with Crippen molar-refractivity contribution in [2.45, 2.75) is 46.6 Å². The summed E-state index contributed by atoms with van der Waals surface area (Å²) in [5.41, 5.74) is 10.0.